The number of nitrogens with zero attached hydrogens (tertiary/aromatic N) is 4. The molecule has 0 saturated heterocycles. The highest BCUT2D eigenvalue weighted by Gasteiger charge is 2.38. The Hall–Kier alpha value is -4.08. The highest BCUT2D eigenvalue weighted by molar-refractivity contribution is 7.90. The first-order chi connectivity index (χ1) is 24.2. The molecule has 0 unspecified atom stereocenters. The molecule has 0 bridgehead atoms. The van der Waals surface area contributed by atoms with E-state index >= 15 is 0 Å². The summed E-state index contributed by atoms with van der Waals surface area (Å²) in [5, 5.41) is 9.21. The van der Waals surface area contributed by atoms with Crippen LogP contribution in [0.2, 0.25) is 0 Å². The smallest absolute Gasteiger partial charge is 0.416 e. The number of halogens is 6. The predicted molar refractivity (Wildman–Crippen MR) is 185 cm³/mol. The third-order valence-corrected chi connectivity index (χ3v) is 10.3. The van der Waals surface area contributed by atoms with Crippen LogP contribution in [0.15, 0.2) is 48.8 Å². The zero-order valence-corrected chi connectivity index (χ0v) is 30.3. The molecule has 1 aliphatic rings. The first-order valence-corrected chi connectivity index (χ1v) is 19.0. The van der Waals surface area contributed by atoms with Gasteiger partial charge in [0.2, 0.25) is 5.95 Å². The van der Waals surface area contributed by atoms with Crippen molar-refractivity contribution in [2.24, 2.45) is 11.8 Å². The van der Waals surface area contributed by atoms with Crippen LogP contribution in [0, 0.1) is 18.8 Å². The molecule has 3 aromatic rings. The minimum Gasteiger partial charge on any atom is -0.489 e. The lowest BCUT2D eigenvalue weighted by Gasteiger charge is -2.36. The van der Waals surface area contributed by atoms with Gasteiger partial charge in [0, 0.05) is 38.0 Å². The Morgan fingerprint density at radius 2 is 1.54 bits per heavy atom. The Bertz CT molecular complexity index is 1750. The van der Waals surface area contributed by atoms with Gasteiger partial charge in [-0.1, -0.05) is 17.7 Å². The lowest BCUT2D eigenvalue weighted by atomic mass is 9.80. The van der Waals surface area contributed by atoms with Gasteiger partial charge in [-0.05, 0) is 93.7 Å². The number of ether oxygens (including phenoxy) is 1. The van der Waals surface area contributed by atoms with Crippen LogP contribution in [0.3, 0.4) is 0 Å². The number of carboxylic acid groups (broad SMARTS) is 1. The molecule has 286 valence electrons. The zero-order chi connectivity index (χ0) is 38.4. The summed E-state index contributed by atoms with van der Waals surface area (Å²) in [4.78, 5) is 23.6. The summed E-state index contributed by atoms with van der Waals surface area (Å²) in [5.41, 5.74) is -0.672. The summed E-state index contributed by atoms with van der Waals surface area (Å²) in [5.74, 6) is -0.494. The molecule has 1 saturated carbocycles. The SMILES string of the molecule is CCN(CC1CCC(CC(=O)O)CC1)c1ccc(C)cc1CN(c1ncc(OCCS(C)(=O)=O)cn1)[C@@H](C)c1cc(C(F)(F)F)cc(C(F)(F)F)c1. The second kappa shape index (κ2) is 16.7. The van der Waals surface area contributed by atoms with Crippen LogP contribution in [-0.4, -0.2) is 61.2 Å². The van der Waals surface area contributed by atoms with Gasteiger partial charge in [0.25, 0.3) is 0 Å². The van der Waals surface area contributed by atoms with E-state index in [1.54, 1.807) is 0 Å². The summed E-state index contributed by atoms with van der Waals surface area (Å²) in [6.45, 7) is 6.48. The molecule has 1 fully saturated rings. The molecule has 9 nitrogen and oxygen atoms in total. The van der Waals surface area contributed by atoms with E-state index in [1.807, 2.05) is 32.0 Å². The molecule has 0 spiro atoms. The number of aliphatic carboxylic acids is 1. The number of aryl methyl sites for hydroxylation is 1. The molecule has 0 amide bonds. The average molecular weight is 759 g/mol. The summed E-state index contributed by atoms with van der Waals surface area (Å²) in [6.07, 6.45) is -3.00. The lowest BCUT2D eigenvalue weighted by Crippen LogP contribution is -2.34. The molecule has 4 rings (SSSR count). The number of hydrogen-bond donors (Lipinski definition) is 1. The van der Waals surface area contributed by atoms with Crippen molar-refractivity contribution in [2.45, 2.75) is 77.8 Å². The number of sulfone groups is 1. The molecule has 16 heteroatoms. The topological polar surface area (TPSA) is 113 Å². The van der Waals surface area contributed by atoms with Crippen LogP contribution >= 0.6 is 0 Å². The van der Waals surface area contributed by atoms with Crippen LogP contribution in [0.1, 0.15) is 79.8 Å². The maximum absolute atomic E-state index is 13.9. The third-order valence-electron chi connectivity index (χ3n) is 9.36. The third kappa shape index (κ3) is 11.5. The van der Waals surface area contributed by atoms with Crippen molar-refractivity contribution in [1.82, 2.24) is 9.97 Å². The van der Waals surface area contributed by atoms with Crippen LogP contribution in [0.4, 0.5) is 38.0 Å². The van der Waals surface area contributed by atoms with Gasteiger partial charge in [0.05, 0.1) is 35.3 Å². The van der Waals surface area contributed by atoms with Crippen molar-refractivity contribution < 1.29 is 49.4 Å². The van der Waals surface area contributed by atoms with Crippen molar-refractivity contribution in [1.29, 1.82) is 0 Å². The number of benzene rings is 2. The van der Waals surface area contributed by atoms with Crippen LogP contribution in [-0.2, 0) is 33.5 Å². The van der Waals surface area contributed by atoms with Gasteiger partial charge in [-0.3, -0.25) is 4.79 Å². The van der Waals surface area contributed by atoms with E-state index in [0.29, 0.717) is 31.1 Å². The quantitative estimate of drug-likeness (QED) is 0.154. The second-order valence-corrected chi connectivity index (χ2v) is 15.8. The van der Waals surface area contributed by atoms with Gasteiger partial charge in [0.1, 0.15) is 6.61 Å². The van der Waals surface area contributed by atoms with E-state index in [2.05, 4.69) is 14.9 Å². The molecule has 1 aliphatic carbocycles. The van der Waals surface area contributed by atoms with E-state index in [-0.39, 0.29) is 54.6 Å². The fourth-order valence-electron chi connectivity index (χ4n) is 6.53. The largest absolute Gasteiger partial charge is 0.489 e. The minimum atomic E-state index is -5.04. The van der Waals surface area contributed by atoms with E-state index in [4.69, 9.17) is 4.74 Å². The standard InChI is InChI=1S/C36H44F6N4O5S/c1-5-45(21-26-9-7-25(8-10-26)15-33(47)48)32-11-6-23(2)14-28(32)22-46(34-43-19-31(20-44-34)51-12-13-52(4,49)50)24(3)27-16-29(35(37,38)39)18-30(17-27)36(40,41)42/h6,11,14,16-20,24-26H,5,7-10,12-13,15,21-22H2,1-4H3,(H,47,48)/t24-,25?,26?/m0/s1. The van der Waals surface area contributed by atoms with Gasteiger partial charge < -0.3 is 19.6 Å². The number of rotatable bonds is 15. The summed E-state index contributed by atoms with van der Waals surface area (Å²) < 4.78 is 112. The molecule has 2 aromatic carbocycles. The zero-order valence-electron chi connectivity index (χ0n) is 29.5. The number of hydrogen-bond acceptors (Lipinski definition) is 8. The molecule has 1 heterocycles. The van der Waals surface area contributed by atoms with E-state index in [9.17, 15) is 44.7 Å². The number of aromatic nitrogens is 2. The molecular weight excluding hydrogens is 714 g/mol. The highest BCUT2D eigenvalue weighted by Crippen LogP contribution is 2.40. The predicted octanol–water partition coefficient (Wildman–Crippen LogP) is 8.12. The molecule has 1 atom stereocenters. The van der Waals surface area contributed by atoms with Gasteiger partial charge in [0.15, 0.2) is 15.6 Å². The van der Waals surface area contributed by atoms with Crippen molar-refractivity contribution in [3.63, 3.8) is 0 Å². The minimum absolute atomic E-state index is 0.00110. The van der Waals surface area contributed by atoms with E-state index in [1.165, 1.54) is 24.2 Å². The van der Waals surface area contributed by atoms with Crippen molar-refractivity contribution in [3.8, 4) is 5.75 Å². The Labute approximate surface area is 299 Å². The van der Waals surface area contributed by atoms with Crippen molar-refractivity contribution in [2.75, 3.05) is 41.5 Å². The summed E-state index contributed by atoms with van der Waals surface area (Å²) >= 11 is 0. The van der Waals surface area contributed by atoms with Gasteiger partial charge in [-0.2, -0.15) is 26.3 Å². The fourth-order valence-corrected chi connectivity index (χ4v) is 6.92. The van der Waals surface area contributed by atoms with E-state index in [0.717, 1.165) is 48.8 Å². The molecule has 0 radical (unpaired) electrons. The molecule has 1 N–H and O–H groups in total. The first kappa shape index (κ1) is 40.7. The maximum Gasteiger partial charge on any atom is 0.416 e. The normalized spacial score (nSPS) is 17.4. The van der Waals surface area contributed by atoms with Crippen molar-refractivity contribution in [3.05, 3.63) is 76.6 Å². The number of anilines is 2. The number of carbonyl (C=O) groups is 1. The van der Waals surface area contributed by atoms with Crippen molar-refractivity contribution >= 4 is 27.4 Å². The fraction of sp³-hybridized carbons (Fsp3) is 0.528. The Balaban J connectivity index is 1.72. The molecular formula is C36H44F6N4O5S. The van der Waals surface area contributed by atoms with Crippen LogP contribution < -0.4 is 14.5 Å². The first-order valence-electron chi connectivity index (χ1n) is 17.0. The Kier molecular flexibility index (Phi) is 13.1. The molecule has 0 aliphatic heterocycles. The second-order valence-electron chi connectivity index (χ2n) is 13.5. The monoisotopic (exact) mass is 758 g/mol. The highest BCUT2D eigenvalue weighted by atomic mass is 32.2. The van der Waals surface area contributed by atoms with Crippen LogP contribution in [0.25, 0.3) is 0 Å². The summed E-state index contributed by atoms with van der Waals surface area (Å²) in [7, 11) is -3.31. The van der Waals surface area contributed by atoms with Crippen LogP contribution in [0.5, 0.6) is 5.75 Å². The van der Waals surface area contributed by atoms with E-state index < -0.39 is 45.3 Å². The van der Waals surface area contributed by atoms with Gasteiger partial charge in [-0.25, -0.2) is 18.4 Å². The summed E-state index contributed by atoms with van der Waals surface area (Å²) in [6, 6.07) is 6.19. The Morgan fingerprint density at radius 3 is 2.06 bits per heavy atom. The number of carboxylic acids is 1. The van der Waals surface area contributed by atoms with Gasteiger partial charge in [-0.15, -0.1) is 0 Å². The molecule has 1 aromatic heterocycles. The average Bonchev–Trinajstić information content (AvgIpc) is 3.05. The Morgan fingerprint density at radius 1 is 0.962 bits per heavy atom. The molecule has 52 heavy (non-hydrogen) atoms. The number of alkyl halides is 6. The maximum atomic E-state index is 13.9. The van der Waals surface area contributed by atoms with Gasteiger partial charge >= 0.3 is 18.3 Å². The lowest BCUT2D eigenvalue weighted by molar-refractivity contribution is -0.143.